The van der Waals surface area contributed by atoms with Crippen LogP contribution in [0, 0.1) is 5.82 Å². The maximum Gasteiger partial charge on any atom is 0.132 e. The number of aromatic nitrogens is 1. The number of halogens is 1. The summed E-state index contributed by atoms with van der Waals surface area (Å²) in [6.45, 7) is 4.61. The number of benzene rings is 2. The molecule has 0 saturated carbocycles. The largest absolute Gasteiger partial charge is 0.487 e. The van der Waals surface area contributed by atoms with E-state index in [9.17, 15) is 4.39 Å². The van der Waals surface area contributed by atoms with Crippen molar-refractivity contribution in [3.63, 3.8) is 0 Å². The van der Waals surface area contributed by atoms with Gasteiger partial charge in [-0.1, -0.05) is 24.3 Å². The molecule has 0 bridgehead atoms. The van der Waals surface area contributed by atoms with Crippen LogP contribution in [0.3, 0.4) is 0 Å². The predicted molar refractivity (Wildman–Crippen MR) is 83.1 cm³/mol. The highest BCUT2D eigenvalue weighted by atomic mass is 19.1. The molecule has 0 fully saturated rings. The van der Waals surface area contributed by atoms with Gasteiger partial charge >= 0.3 is 0 Å². The first-order valence-electron chi connectivity index (χ1n) is 7.13. The van der Waals surface area contributed by atoms with E-state index in [-0.39, 0.29) is 11.9 Å². The predicted octanol–water partition coefficient (Wildman–Crippen LogP) is 4.94. The van der Waals surface area contributed by atoms with Crippen molar-refractivity contribution in [2.45, 2.75) is 26.5 Å². The Labute approximate surface area is 123 Å². The molecule has 108 valence electrons. The third-order valence-electron chi connectivity index (χ3n) is 3.56. The van der Waals surface area contributed by atoms with E-state index in [0.717, 1.165) is 17.0 Å². The van der Waals surface area contributed by atoms with Crippen molar-refractivity contribution in [1.29, 1.82) is 0 Å². The van der Waals surface area contributed by atoms with Gasteiger partial charge in [-0.2, -0.15) is 0 Å². The summed E-state index contributed by atoms with van der Waals surface area (Å²) in [4.78, 5) is 0. The molecule has 1 heterocycles. The molecule has 3 heteroatoms. The van der Waals surface area contributed by atoms with Crippen LogP contribution in [0.5, 0.6) is 5.75 Å². The van der Waals surface area contributed by atoms with Crippen molar-refractivity contribution in [2.75, 3.05) is 0 Å². The molecule has 0 spiro atoms. The molecule has 2 nitrogen and oxygen atoms in total. The minimum atomic E-state index is -0.187. The summed E-state index contributed by atoms with van der Waals surface area (Å²) in [5.74, 6) is 0.631. The van der Waals surface area contributed by atoms with Crippen LogP contribution in [0.4, 0.5) is 4.39 Å². The van der Waals surface area contributed by atoms with Gasteiger partial charge in [0.05, 0.1) is 11.2 Å². The highest BCUT2D eigenvalue weighted by molar-refractivity contribution is 5.82. The number of fused-ring (bicyclic) bond motifs is 1. The monoisotopic (exact) mass is 283 g/mol. The van der Waals surface area contributed by atoms with Crippen molar-refractivity contribution < 1.29 is 9.13 Å². The van der Waals surface area contributed by atoms with Gasteiger partial charge in [-0.05, 0) is 44.2 Å². The van der Waals surface area contributed by atoms with Gasteiger partial charge in [-0.25, -0.2) is 4.39 Å². The molecule has 1 aromatic heterocycles. The Balaban J connectivity index is 1.98. The molecule has 0 aliphatic rings. The second kappa shape index (κ2) is 5.60. The summed E-state index contributed by atoms with van der Waals surface area (Å²) in [6, 6.07) is 17.0. The van der Waals surface area contributed by atoms with Crippen LogP contribution in [0.2, 0.25) is 0 Å². The third-order valence-corrected chi connectivity index (χ3v) is 3.56. The van der Waals surface area contributed by atoms with E-state index in [4.69, 9.17) is 4.74 Å². The van der Waals surface area contributed by atoms with Crippen LogP contribution < -0.4 is 4.74 Å². The number of ether oxygens (including phenoxy) is 1. The standard InChI is InChI=1S/C18H18FNO/c1-13(2)20-14(12-21-15-7-4-3-5-8-15)11-16-17(19)9-6-10-18(16)20/h3-11,13H,12H2,1-2H3. The number of nitrogens with zero attached hydrogens (tertiary/aromatic N) is 1. The zero-order chi connectivity index (χ0) is 14.8. The van der Waals surface area contributed by atoms with Crippen molar-refractivity contribution in [2.24, 2.45) is 0 Å². The highest BCUT2D eigenvalue weighted by Crippen LogP contribution is 2.27. The molecule has 3 rings (SSSR count). The molecule has 21 heavy (non-hydrogen) atoms. The van der Waals surface area contributed by atoms with Crippen LogP contribution in [-0.4, -0.2) is 4.57 Å². The number of hydrogen-bond donors (Lipinski definition) is 0. The van der Waals surface area contributed by atoms with Crippen molar-refractivity contribution in [3.8, 4) is 5.75 Å². The Morgan fingerprint density at radius 2 is 1.81 bits per heavy atom. The Morgan fingerprint density at radius 3 is 2.52 bits per heavy atom. The van der Waals surface area contributed by atoms with Gasteiger partial charge in [0.25, 0.3) is 0 Å². The molecule has 0 N–H and O–H groups in total. The van der Waals surface area contributed by atoms with E-state index in [0.29, 0.717) is 12.0 Å². The summed E-state index contributed by atoms with van der Waals surface area (Å²) < 4.78 is 21.9. The lowest BCUT2D eigenvalue weighted by molar-refractivity contribution is 0.293. The molecule has 0 aliphatic heterocycles. The van der Waals surface area contributed by atoms with Gasteiger partial charge in [-0.15, -0.1) is 0 Å². The topological polar surface area (TPSA) is 14.2 Å². The maximum atomic E-state index is 14.0. The Kier molecular flexibility index (Phi) is 3.65. The van der Waals surface area contributed by atoms with Crippen molar-refractivity contribution in [1.82, 2.24) is 4.57 Å². The SMILES string of the molecule is CC(C)n1c(COc2ccccc2)cc2c(F)cccc21. The van der Waals surface area contributed by atoms with Crippen LogP contribution in [-0.2, 0) is 6.61 Å². The third kappa shape index (κ3) is 2.64. The van der Waals surface area contributed by atoms with Crippen LogP contribution in [0.1, 0.15) is 25.6 Å². The fourth-order valence-corrected chi connectivity index (χ4v) is 2.66. The Morgan fingerprint density at radius 1 is 1.05 bits per heavy atom. The second-order valence-electron chi connectivity index (χ2n) is 5.37. The lowest BCUT2D eigenvalue weighted by Crippen LogP contribution is -2.08. The van der Waals surface area contributed by atoms with Crippen LogP contribution >= 0.6 is 0 Å². The quantitative estimate of drug-likeness (QED) is 0.661. The zero-order valence-corrected chi connectivity index (χ0v) is 12.2. The molecule has 0 unspecified atom stereocenters. The number of rotatable bonds is 4. The normalized spacial score (nSPS) is 11.2. The van der Waals surface area contributed by atoms with E-state index in [2.05, 4.69) is 18.4 Å². The fraction of sp³-hybridized carbons (Fsp3) is 0.222. The Hall–Kier alpha value is -2.29. The summed E-state index contributed by atoms with van der Waals surface area (Å²) in [7, 11) is 0. The van der Waals surface area contributed by atoms with E-state index in [1.807, 2.05) is 42.5 Å². The van der Waals surface area contributed by atoms with E-state index >= 15 is 0 Å². The highest BCUT2D eigenvalue weighted by Gasteiger charge is 2.14. The average Bonchev–Trinajstić information content (AvgIpc) is 2.86. The molecule has 0 saturated heterocycles. The summed E-state index contributed by atoms with van der Waals surface area (Å²) in [5, 5.41) is 0.651. The summed E-state index contributed by atoms with van der Waals surface area (Å²) in [5.41, 5.74) is 1.89. The van der Waals surface area contributed by atoms with E-state index in [1.165, 1.54) is 6.07 Å². The summed E-state index contributed by atoms with van der Waals surface area (Å²) in [6.07, 6.45) is 0. The molecule has 0 atom stereocenters. The number of hydrogen-bond acceptors (Lipinski definition) is 1. The average molecular weight is 283 g/mol. The van der Waals surface area contributed by atoms with Gasteiger partial charge in [0, 0.05) is 11.4 Å². The molecule has 0 radical (unpaired) electrons. The van der Waals surface area contributed by atoms with Crippen molar-refractivity contribution in [3.05, 3.63) is 66.1 Å². The van der Waals surface area contributed by atoms with Gasteiger partial charge < -0.3 is 9.30 Å². The minimum Gasteiger partial charge on any atom is -0.487 e. The van der Waals surface area contributed by atoms with Crippen LogP contribution in [0.25, 0.3) is 10.9 Å². The first-order chi connectivity index (χ1) is 10.2. The zero-order valence-electron chi connectivity index (χ0n) is 12.2. The molecular formula is C18H18FNO. The van der Waals surface area contributed by atoms with Gasteiger partial charge in [0.2, 0.25) is 0 Å². The molecule has 3 aromatic rings. The lowest BCUT2D eigenvalue weighted by atomic mass is 10.2. The van der Waals surface area contributed by atoms with Gasteiger partial charge in [-0.3, -0.25) is 0 Å². The van der Waals surface area contributed by atoms with Gasteiger partial charge in [0.1, 0.15) is 18.2 Å². The molecule has 0 amide bonds. The Bertz CT molecular complexity index is 747. The first-order valence-corrected chi connectivity index (χ1v) is 7.13. The fourth-order valence-electron chi connectivity index (χ4n) is 2.66. The summed E-state index contributed by atoms with van der Waals surface area (Å²) >= 11 is 0. The second-order valence-corrected chi connectivity index (χ2v) is 5.37. The van der Waals surface area contributed by atoms with Crippen molar-refractivity contribution >= 4 is 10.9 Å². The molecule has 2 aromatic carbocycles. The first kappa shape index (κ1) is 13.7. The molecule has 0 aliphatic carbocycles. The minimum absolute atomic E-state index is 0.187. The van der Waals surface area contributed by atoms with Crippen LogP contribution in [0.15, 0.2) is 54.6 Å². The van der Waals surface area contributed by atoms with Gasteiger partial charge in [0.15, 0.2) is 0 Å². The van der Waals surface area contributed by atoms with E-state index in [1.54, 1.807) is 6.07 Å². The van der Waals surface area contributed by atoms with E-state index < -0.39 is 0 Å². The molecular weight excluding hydrogens is 265 g/mol. The maximum absolute atomic E-state index is 14.0. The number of para-hydroxylation sites is 1. The smallest absolute Gasteiger partial charge is 0.132 e. The lowest BCUT2D eigenvalue weighted by Gasteiger charge is -2.15.